The molecule has 0 fully saturated rings. The number of pyridine rings is 1. The zero-order chi connectivity index (χ0) is 16.2. The van der Waals surface area contributed by atoms with E-state index in [0.29, 0.717) is 13.0 Å². The summed E-state index contributed by atoms with van der Waals surface area (Å²) in [6.45, 7) is 0.293. The van der Waals surface area contributed by atoms with Crippen LogP contribution < -0.4 is 10.5 Å². The van der Waals surface area contributed by atoms with Crippen LogP contribution in [0.5, 0.6) is 5.88 Å². The van der Waals surface area contributed by atoms with Gasteiger partial charge in [-0.25, -0.2) is 4.98 Å². The first-order valence-electron chi connectivity index (χ1n) is 6.33. The largest absolute Gasteiger partial charge is 0.468 e. The molecule has 0 amide bonds. The minimum Gasteiger partial charge on any atom is -0.468 e. The summed E-state index contributed by atoms with van der Waals surface area (Å²) in [6, 6.07) is 5.39. The summed E-state index contributed by atoms with van der Waals surface area (Å²) in [5.41, 5.74) is 5.16. The zero-order valence-electron chi connectivity index (χ0n) is 11.3. The van der Waals surface area contributed by atoms with Gasteiger partial charge in [0.25, 0.3) is 0 Å². The van der Waals surface area contributed by atoms with E-state index in [9.17, 15) is 13.2 Å². The topological polar surface area (TPSA) is 71.9 Å². The monoisotopic (exact) mass is 327 g/mol. The summed E-state index contributed by atoms with van der Waals surface area (Å²) >= 11 is 1.44. The Balaban J connectivity index is 2.35. The molecule has 4 nitrogen and oxygen atoms in total. The third kappa shape index (κ3) is 3.75. The van der Waals surface area contributed by atoms with Gasteiger partial charge in [-0.05, 0) is 35.5 Å². The molecule has 0 spiro atoms. The van der Waals surface area contributed by atoms with Crippen LogP contribution in [0.1, 0.15) is 29.3 Å². The normalized spacial score (nSPS) is 12.7. The minimum absolute atomic E-state index is 0.0507. The molecule has 2 rings (SSSR count). The van der Waals surface area contributed by atoms with Gasteiger partial charge >= 0.3 is 6.18 Å². The fourth-order valence-corrected chi connectivity index (χ4v) is 2.51. The molecule has 0 bridgehead atoms. The summed E-state index contributed by atoms with van der Waals surface area (Å²) in [6.07, 6.45) is -4.74. The van der Waals surface area contributed by atoms with Crippen LogP contribution >= 0.6 is 11.3 Å². The van der Waals surface area contributed by atoms with Crippen molar-refractivity contribution in [1.29, 1.82) is 5.26 Å². The maximum atomic E-state index is 12.7. The molecule has 2 heterocycles. The van der Waals surface area contributed by atoms with E-state index < -0.39 is 18.0 Å². The van der Waals surface area contributed by atoms with Crippen molar-refractivity contribution in [2.75, 3.05) is 6.54 Å². The average molecular weight is 327 g/mol. The van der Waals surface area contributed by atoms with E-state index >= 15 is 0 Å². The van der Waals surface area contributed by atoms with Gasteiger partial charge in [0.2, 0.25) is 5.88 Å². The molecule has 2 N–H and O–H groups in total. The smallest absolute Gasteiger partial charge is 0.433 e. The average Bonchev–Trinajstić information content (AvgIpc) is 3.00. The molecule has 0 radical (unpaired) electrons. The quantitative estimate of drug-likeness (QED) is 0.912. The second-order valence-electron chi connectivity index (χ2n) is 4.40. The summed E-state index contributed by atoms with van der Waals surface area (Å²) in [5.74, 6) is -0.332. The number of thiophene rings is 1. The van der Waals surface area contributed by atoms with Gasteiger partial charge in [-0.1, -0.05) is 0 Å². The predicted octanol–water partition coefficient (Wildman–Crippen LogP) is 3.50. The van der Waals surface area contributed by atoms with Gasteiger partial charge < -0.3 is 10.5 Å². The minimum atomic E-state index is -4.60. The number of hydrogen-bond acceptors (Lipinski definition) is 5. The molecule has 2 aromatic heterocycles. The number of alkyl halides is 3. The van der Waals surface area contributed by atoms with Gasteiger partial charge in [0.05, 0.1) is 0 Å². The Labute approximate surface area is 129 Å². The highest BCUT2D eigenvalue weighted by Gasteiger charge is 2.33. The van der Waals surface area contributed by atoms with Gasteiger partial charge in [-0.3, -0.25) is 0 Å². The summed E-state index contributed by atoms with van der Waals surface area (Å²) < 4.78 is 43.8. The Bertz CT molecular complexity index is 665. The van der Waals surface area contributed by atoms with E-state index in [1.807, 2.05) is 10.8 Å². The summed E-state index contributed by atoms with van der Waals surface area (Å²) in [5, 5.41) is 12.7. The lowest BCUT2D eigenvalue weighted by molar-refractivity contribution is -0.141. The van der Waals surface area contributed by atoms with Crippen molar-refractivity contribution in [3.05, 3.63) is 45.8 Å². The van der Waals surface area contributed by atoms with Crippen molar-refractivity contribution in [2.45, 2.75) is 18.7 Å². The number of nitrogens with two attached hydrogens (primary N) is 1. The Morgan fingerprint density at radius 1 is 1.36 bits per heavy atom. The Morgan fingerprint density at radius 2 is 2.14 bits per heavy atom. The number of hydrogen-bond donors (Lipinski definition) is 1. The molecule has 0 saturated heterocycles. The SMILES string of the molecule is N#Cc1ccc(C(F)(F)F)nc1O[C@H](CCN)c1ccsc1. The second kappa shape index (κ2) is 6.77. The third-order valence-electron chi connectivity index (χ3n) is 2.87. The van der Waals surface area contributed by atoms with Crippen molar-refractivity contribution in [3.8, 4) is 11.9 Å². The first-order valence-corrected chi connectivity index (χ1v) is 7.27. The lowest BCUT2D eigenvalue weighted by atomic mass is 10.1. The molecule has 2 aromatic rings. The van der Waals surface area contributed by atoms with Gasteiger partial charge in [-0.15, -0.1) is 0 Å². The van der Waals surface area contributed by atoms with Gasteiger partial charge in [0.15, 0.2) is 0 Å². The molecule has 0 aliphatic carbocycles. The first-order chi connectivity index (χ1) is 10.5. The Hall–Kier alpha value is -2.11. The predicted molar refractivity (Wildman–Crippen MR) is 75.3 cm³/mol. The van der Waals surface area contributed by atoms with Crippen molar-refractivity contribution in [3.63, 3.8) is 0 Å². The van der Waals surface area contributed by atoms with Crippen LogP contribution in [0.3, 0.4) is 0 Å². The Kier molecular flexibility index (Phi) is 5.00. The van der Waals surface area contributed by atoms with Crippen LogP contribution in [0.4, 0.5) is 13.2 Å². The van der Waals surface area contributed by atoms with Crippen molar-refractivity contribution in [1.82, 2.24) is 4.98 Å². The van der Waals surface area contributed by atoms with Crippen LogP contribution in [0.15, 0.2) is 29.0 Å². The highest BCUT2D eigenvalue weighted by atomic mass is 32.1. The molecule has 0 unspecified atom stereocenters. The van der Waals surface area contributed by atoms with E-state index in [1.54, 1.807) is 12.1 Å². The molecule has 0 aliphatic rings. The van der Waals surface area contributed by atoms with Gasteiger partial charge in [-0.2, -0.15) is 29.8 Å². The molecule has 8 heteroatoms. The van der Waals surface area contributed by atoms with Crippen LogP contribution in [-0.2, 0) is 6.18 Å². The van der Waals surface area contributed by atoms with Crippen LogP contribution in [0, 0.1) is 11.3 Å². The standard InChI is InChI=1S/C14H12F3N3OS/c15-14(16,17)12-2-1-9(7-19)13(20-12)21-11(3-5-18)10-4-6-22-8-10/h1-2,4,6,8,11H,3,5,18H2/t11-/m1/s1. The van der Waals surface area contributed by atoms with Crippen LogP contribution in [-0.4, -0.2) is 11.5 Å². The number of halogens is 3. The highest BCUT2D eigenvalue weighted by molar-refractivity contribution is 7.07. The molecule has 0 saturated carbocycles. The lowest BCUT2D eigenvalue weighted by Crippen LogP contribution is -2.15. The highest BCUT2D eigenvalue weighted by Crippen LogP contribution is 2.32. The van der Waals surface area contributed by atoms with Crippen molar-refractivity contribution < 1.29 is 17.9 Å². The molecular weight excluding hydrogens is 315 g/mol. The third-order valence-corrected chi connectivity index (χ3v) is 3.57. The van der Waals surface area contributed by atoms with E-state index in [2.05, 4.69) is 4.98 Å². The first kappa shape index (κ1) is 16.3. The Morgan fingerprint density at radius 3 is 2.68 bits per heavy atom. The summed E-state index contributed by atoms with van der Waals surface area (Å²) in [4.78, 5) is 3.44. The number of nitrogens with zero attached hydrogens (tertiary/aromatic N) is 2. The van der Waals surface area contributed by atoms with E-state index in [4.69, 9.17) is 15.7 Å². The molecule has 0 aromatic carbocycles. The van der Waals surface area contributed by atoms with Crippen LogP contribution in [0.25, 0.3) is 0 Å². The maximum absolute atomic E-state index is 12.7. The lowest BCUT2D eigenvalue weighted by Gasteiger charge is -2.18. The maximum Gasteiger partial charge on any atom is 0.433 e. The van der Waals surface area contributed by atoms with E-state index in [-0.39, 0.29) is 11.4 Å². The number of aromatic nitrogens is 1. The second-order valence-corrected chi connectivity index (χ2v) is 5.18. The van der Waals surface area contributed by atoms with Crippen molar-refractivity contribution >= 4 is 11.3 Å². The van der Waals surface area contributed by atoms with Gasteiger partial charge in [0, 0.05) is 12.0 Å². The molecule has 1 atom stereocenters. The zero-order valence-corrected chi connectivity index (χ0v) is 12.1. The number of rotatable bonds is 5. The molecule has 22 heavy (non-hydrogen) atoms. The number of nitriles is 1. The van der Waals surface area contributed by atoms with E-state index in [1.165, 1.54) is 11.3 Å². The van der Waals surface area contributed by atoms with Gasteiger partial charge in [0.1, 0.15) is 23.4 Å². The van der Waals surface area contributed by atoms with Crippen molar-refractivity contribution in [2.24, 2.45) is 5.73 Å². The number of ether oxygens (including phenoxy) is 1. The molecular formula is C14H12F3N3OS. The molecule has 116 valence electrons. The van der Waals surface area contributed by atoms with Crippen LogP contribution in [0.2, 0.25) is 0 Å². The van der Waals surface area contributed by atoms with E-state index in [0.717, 1.165) is 17.7 Å². The summed E-state index contributed by atoms with van der Waals surface area (Å²) in [7, 11) is 0. The fraction of sp³-hybridized carbons (Fsp3) is 0.286. The fourth-order valence-electron chi connectivity index (χ4n) is 1.81. The molecule has 0 aliphatic heterocycles.